The van der Waals surface area contributed by atoms with Crippen molar-refractivity contribution in [3.05, 3.63) is 70.4 Å². The highest BCUT2D eigenvalue weighted by Crippen LogP contribution is 2.33. The highest BCUT2D eigenvalue weighted by molar-refractivity contribution is 5.90. The van der Waals surface area contributed by atoms with Gasteiger partial charge in [-0.2, -0.15) is 0 Å². The van der Waals surface area contributed by atoms with Gasteiger partial charge in [0.2, 0.25) is 0 Å². The lowest BCUT2D eigenvalue weighted by Crippen LogP contribution is -2.11. The minimum absolute atomic E-state index is 0.399. The summed E-state index contributed by atoms with van der Waals surface area (Å²) in [6.07, 6.45) is 4.66. The van der Waals surface area contributed by atoms with Crippen molar-refractivity contribution in [2.75, 3.05) is 0 Å². The Morgan fingerprint density at radius 1 is 1.12 bits per heavy atom. The number of aromatic nitrogens is 1. The first-order valence-corrected chi connectivity index (χ1v) is 8.57. The minimum atomic E-state index is -0.855. The predicted octanol–water partition coefficient (Wildman–Crippen LogP) is 4.58. The number of rotatable bonds is 3. The van der Waals surface area contributed by atoms with E-state index in [0.29, 0.717) is 12.1 Å². The van der Waals surface area contributed by atoms with Crippen molar-refractivity contribution in [2.24, 2.45) is 0 Å². The number of fused-ring (bicyclic) bond motifs is 3. The molecule has 0 bridgehead atoms. The number of carbonyl (C=O) groups is 1. The molecule has 0 atom stereocenters. The van der Waals surface area contributed by atoms with Crippen LogP contribution in [0.4, 0.5) is 0 Å². The first kappa shape index (κ1) is 15.0. The van der Waals surface area contributed by atoms with Crippen LogP contribution in [0.5, 0.6) is 0 Å². The predicted molar refractivity (Wildman–Crippen MR) is 95.8 cm³/mol. The van der Waals surface area contributed by atoms with Gasteiger partial charge in [-0.1, -0.05) is 29.8 Å². The molecule has 122 valence electrons. The van der Waals surface area contributed by atoms with Crippen LogP contribution in [0.3, 0.4) is 0 Å². The summed E-state index contributed by atoms with van der Waals surface area (Å²) >= 11 is 0. The molecule has 0 saturated carbocycles. The third-order valence-corrected chi connectivity index (χ3v) is 5.11. The molecule has 0 saturated heterocycles. The van der Waals surface area contributed by atoms with E-state index in [2.05, 4.69) is 29.7 Å². The van der Waals surface area contributed by atoms with E-state index in [1.807, 2.05) is 12.1 Å². The van der Waals surface area contributed by atoms with Crippen LogP contribution in [0.25, 0.3) is 10.9 Å². The van der Waals surface area contributed by atoms with Crippen LogP contribution in [0.15, 0.2) is 42.5 Å². The first-order chi connectivity index (χ1) is 11.6. The van der Waals surface area contributed by atoms with E-state index in [-0.39, 0.29) is 0 Å². The lowest BCUT2D eigenvalue weighted by atomic mass is 9.95. The van der Waals surface area contributed by atoms with Crippen LogP contribution >= 0.6 is 0 Å². The Hall–Kier alpha value is -2.55. The van der Waals surface area contributed by atoms with Gasteiger partial charge in [0.1, 0.15) is 0 Å². The van der Waals surface area contributed by atoms with Crippen molar-refractivity contribution in [1.82, 2.24) is 4.57 Å². The second-order valence-electron chi connectivity index (χ2n) is 6.70. The molecular formula is C21H21NO2. The van der Waals surface area contributed by atoms with Gasteiger partial charge in [-0.25, -0.2) is 4.79 Å². The molecule has 1 heterocycles. The zero-order chi connectivity index (χ0) is 16.7. The topological polar surface area (TPSA) is 42.2 Å². The molecule has 0 radical (unpaired) electrons. The van der Waals surface area contributed by atoms with Gasteiger partial charge in [0.25, 0.3) is 0 Å². The van der Waals surface area contributed by atoms with Crippen LogP contribution in [-0.2, 0) is 19.4 Å². The fraction of sp³-hybridized carbons (Fsp3) is 0.286. The molecule has 0 amide bonds. The monoisotopic (exact) mass is 319 g/mol. The quantitative estimate of drug-likeness (QED) is 0.768. The maximum Gasteiger partial charge on any atom is 0.336 e. The molecule has 2 aromatic carbocycles. The van der Waals surface area contributed by atoms with E-state index >= 15 is 0 Å². The van der Waals surface area contributed by atoms with Crippen LogP contribution in [0.1, 0.15) is 45.6 Å². The molecule has 1 aliphatic carbocycles. The van der Waals surface area contributed by atoms with Gasteiger partial charge < -0.3 is 9.67 Å². The fourth-order valence-corrected chi connectivity index (χ4v) is 3.97. The molecule has 0 fully saturated rings. The number of hydrogen-bond acceptors (Lipinski definition) is 1. The van der Waals surface area contributed by atoms with Crippen molar-refractivity contribution < 1.29 is 9.90 Å². The minimum Gasteiger partial charge on any atom is -0.478 e. The van der Waals surface area contributed by atoms with Crippen molar-refractivity contribution in [2.45, 2.75) is 39.2 Å². The van der Waals surface area contributed by atoms with Gasteiger partial charge in [0.05, 0.1) is 5.56 Å². The summed E-state index contributed by atoms with van der Waals surface area (Å²) in [5.41, 5.74) is 6.63. The van der Waals surface area contributed by atoms with Crippen molar-refractivity contribution in [1.29, 1.82) is 0 Å². The van der Waals surface area contributed by atoms with Gasteiger partial charge >= 0.3 is 5.97 Å². The van der Waals surface area contributed by atoms with Crippen LogP contribution in [-0.4, -0.2) is 15.6 Å². The maximum absolute atomic E-state index is 11.5. The maximum atomic E-state index is 11.5. The van der Waals surface area contributed by atoms with Crippen molar-refractivity contribution in [3.63, 3.8) is 0 Å². The van der Waals surface area contributed by atoms with Crippen LogP contribution in [0, 0.1) is 6.92 Å². The Morgan fingerprint density at radius 3 is 2.75 bits per heavy atom. The molecule has 3 heteroatoms. The average Bonchev–Trinajstić information content (AvgIpc) is 2.89. The highest BCUT2D eigenvalue weighted by Gasteiger charge is 2.21. The highest BCUT2D eigenvalue weighted by atomic mass is 16.4. The van der Waals surface area contributed by atoms with Gasteiger partial charge in [-0.3, -0.25) is 0 Å². The lowest BCUT2D eigenvalue weighted by Gasteiger charge is -2.17. The SMILES string of the molecule is Cc1ccc2c(c1)c1c(n2Cc2ccccc2C(=O)O)CCCC1. The van der Waals surface area contributed by atoms with Gasteiger partial charge in [0.15, 0.2) is 0 Å². The summed E-state index contributed by atoms with van der Waals surface area (Å²) < 4.78 is 2.34. The number of carboxylic acids is 1. The van der Waals surface area contributed by atoms with E-state index in [1.54, 1.807) is 12.1 Å². The zero-order valence-electron chi connectivity index (χ0n) is 13.9. The van der Waals surface area contributed by atoms with E-state index < -0.39 is 5.97 Å². The Balaban J connectivity index is 1.90. The molecule has 1 aromatic heterocycles. The summed E-state index contributed by atoms with van der Waals surface area (Å²) in [5.74, 6) is -0.855. The fourth-order valence-electron chi connectivity index (χ4n) is 3.97. The molecule has 24 heavy (non-hydrogen) atoms. The van der Waals surface area contributed by atoms with E-state index in [1.165, 1.54) is 40.6 Å². The Kier molecular flexibility index (Phi) is 3.64. The molecule has 3 aromatic rings. The number of nitrogens with zero attached hydrogens (tertiary/aromatic N) is 1. The molecule has 3 nitrogen and oxygen atoms in total. The zero-order valence-corrected chi connectivity index (χ0v) is 13.9. The normalized spacial score (nSPS) is 13.9. The number of benzene rings is 2. The van der Waals surface area contributed by atoms with Gasteiger partial charge in [0, 0.05) is 23.1 Å². The summed E-state index contributed by atoms with van der Waals surface area (Å²) in [6, 6.07) is 13.9. The molecule has 0 spiro atoms. The second-order valence-corrected chi connectivity index (χ2v) is 6.70. The largest absolute Gasteiger partial charge is 0.478 e. The molecule has 4 rings (SSSR count). The third kappa shape index (κ3) is 2.41. The van der Waals surface area contributed by atoms with Crippen molar-refractivity contribution in [3.8, 4) is 0 Å². The lowest BCUT2D eigenvalue weighted by molar-refractivity contribution is 0.0695. The Morgan fingerprint density at radius 2 is 1.92 bits per heavy atom. The van der Waals surface area contributed by atoms with Gasteiger partial charge in [-0.05, 0) is 61.9 Å². The smallest absolute Gasteiger partial charge is 0.336 e. The summed E-state index contributed by atoms with van der Waals surface area (Å²) in [7, 11) is 0. The molecule has 1 aliphatic rings. The number of aryl methyl sites for hydroxylation is 2. The van der Waals surface area contributed by atoms with Crippen LogP contribution < -0.4 is 0 Å². The van der Waals surface area contributed by atoms with E-state index in [4.69, 9.17) is 0 Å². The Labute approximate surface area is 141 Å². The summed E-state index contributed by atoms with van der Waals surface area (Å²) in [4.78, 5) is 11.5. The number of aromatic carboxylic acids is 1. The van der Waals surface area contributed by atoms with Crippen LogP contribution in [0.2, 0.25) is 0 Å². The number of carboxylic acid groups (broad SMARTS) is 1. The van der Waals surface area contributed by atoms with E-state index in [9.17, 15) is 9.90 Å². The first-order valence-electron chi connectivity index (χ1n) is 8.57. The second kappa shape index (κ2) is 5.82. The van der Waals surface area contributed by atoms with Crippen molar-refractivity contribution >= 4 is 16.9 Å². The average molecular weight is 319 g/mol. The summed E-state index contributed by atoms with van der Waals surface area (Å²) in [5, 5.41) is 10.8. The van der Waals surface area contributed by atoms with Gasteiger partial charge in [-0.15, -0.1) is 0 Å². The molecule has 1 N–H and O–H groups in total. The Bertz CT molecular complexity index is 936. The third-order valence-electron chi connectivity index (χ3n) is 5.11. The molecule has 0 unspecified atom stereocenters. The molecular weight excluding hydrogens is 298 g/mol. The summed E-state index contributed by atoms with van der Waals surface area (Å²) in [6.45, 7) is 2.75. The number of hydrogen-bond donors (Lipinski definition) is 1. The standard InChI is InChI=1S/C21H21NO2/c1-14-10-11-20-18(12-14)17-8-4-5-9-19(17)22(20)13-15-6-2-3-7-16(15)21(23)24/h2-3,6-7,10-12H,4-5,8-9,13H2,1H3,(H,23,24). The molecule has 0 aliphatic heterocycles. The van der Waals surface area contributed by atoms with E-state index in [0.717, 1.165) is 18.4 Å².